The third-order valence-corrected chi connectivity index (χ3v) is 6.20. The Labute approximate surface area is 200 Å². The number of hydrogen-bond acceptors (Lipinski definition) is 3. The van der Waals surface area contributed by atoms with Crippen LogP contribution in [0.3, 0.4) is 0 Å². The van der Waals surface area contributed by atoms with E-state index >= 15 is 0 Å². The van der Waals surface area contributed by atoms with Crippen LogP contribution in [-0.2, 0) is 11.3 Å². The number of carbonyl (C=O) groups is 1. The van der Waals surface area contributed by atoms with Gasteiger partial charge in [0.25, 0.3) is 0 Å². The van der Waals surface area contributed by atoms with Gasteiger partial charge in [-0.15, -0.1) is 0 Å². The molecule has 0 spiro atoms. The monoisotopic (exact) mass is 501 g/mol. The number of nitrogens with zero attached hydrogens (tertiary/aromatic N) is 2. The smallest absolute Gasteiger partial charge is 0.370 e. The highest BCUT2D eigenvalue weighted by Crippen LogP contribution is 2.43. The number of rotatable bonds is 5. The normalized spacial score (nSPS) is 19.2. The Morgan fingerprint density at radius 3 is 2.03 bits per heavy atom. The number of alkyl halides is 6. The second kappa shape index (κ2) is 10.1. The number of amides is 1. The number of nitrogens with one attached hydrogen (secondary N) is 1. The minimum atomic E-state index is -4.73. The average molecular weight is 502 g/mol. The van der Waals surface area contributed by atoms with Crippen molar-refractivity contribution in [1.29, 1.82) is 0 Å². The Hall–Kier alpha value is -2.78. The molecule has 1 aliphatic heterocycles. The van der Waals surface area contributed by atoms with Crippen LogP contribution < -0.4 is 10.2 Å². The highest BCUT2D eigenvalue weighted by atomic mass is 19.4. The summed E-state index contributed by atoms with van der Waals surface area (Å²) in [7, 11) is 0. The molecule has 0 saturated carbocycles. The van der Waals surface area contributed by atoms with Crippen molar-refractivity contribution >= 4 is 11.6 Å². The molecule has 4 nitrogen and oxygen atoms in total. The Balaban J connectivity index is 2.04. The van der Waals surface area contributed by atoms with E-state index in [1.165, 1.54) is 11.0 Å². The van der Waals surface area contributed by atoms with Crippen LogP contribution in [0.4, 0.5) is 32.0 Å². The molecule has 1 saturated heterocycles. The fraction of sp³-hybridized carbons (Fsp3) is 0.520. The van der Waals surface area contributed by atoms with Gasteiger partial charge in [-0.3, -0.25) is 9.78 Å². The molecule has 0 aliphatic carbocycles. The van der Waals surface area contributed by atoms with Gasteiger partial charge in [0.2, 0.25) is 5.91 Å². The lowest BCUT2D eigenvalue weighted by Crippen LogP contribution is -2.49. The maximum atomic E-state index is 13.5. The molecule has 1 aromatic carbocycles. The van der Waals surface area contributed by atoms with Gasteiger partial charge in [0.05, 0.1) is 11.8 Å². The van der Waals surface area contributed by atoms with Gasteiger partial charge in [0.1, 0.15) is 0 Å². The number of aromatic nitrogens is 1. The predicted molar refractivity (Wildman–Crippen MR) is 122 cm³/mol. The van der Waals surface area contributed by atoms with Gasteiger partial charge in [-0.25, -0.2) is 0 Å². The first kappa shape index (κ1) is 26.8. The Morgan fingerprint density at radius 2 is 1.54 bits per heavy atom. The Morgan fingerprint density at radius 1 is 1.00 bits per heavy atom. The number of halogens is 6. The van der Waals surface area contributed by atoms with Crippen molar-refractivity contribution < 1.29 is 31.1 Å². The maximum Gasteiger partial charge on any atom is 0.393 e. The van der Waals surface area contributed by atoms with Crippen molar-refractivity contribution in [2.75, 3.05) is 18.0 Å². The number of aryl methyl sites for hydroxylation is 2. The molecule has 3 rings (SSSR count). The number of pyridine rings is 1. The summed E-state index contributed by atoms with van der Waals surface area (Å²) in [5, 5.41) is 2.83. The lowest BCUT2D eigenvalue weighted by atomic mass is 9.87. The quantitative estimate of drug-likeness (QED) is 0.496. The lowest BCUT2D eigenvalue weighted by Gasteiger charge is -2.40. The van der Waals surface area contributed by atoms with E-state index in [0.717, 1.165) is 17.0 Å². The van der Waals surface area contributed by atoms with Gasteiger partial charge in [-0.2, -0.15) is 26.3 Å². The van der Waals surface area contributed by atoms with Crippen molar-refractivity contribution in [3.8, 4) is 11.1 Å². The van der Waals surface area contributed by atoms with E-state index in [1.54, 1.807) is 52.0 Å². The van der Waals surface area contributed by atoms with Crippen LogP contribution in [0, 0.1) is 31.6 Å². The van der Waals surface area contributed by atoms with E-state index in [0.29, 0.717) is 11.1 Å². The third-order valence-electron chi connectivity index (χ3n) is 6.20. The largest absolute Gasteiger partial charge is 0.393 e. The molecule has 1 N–H and O–H groups in total. The van der Waals surface area contributed by atoms with Gasteiger partial charge in [0, 0.05) is 42.6 Å². The maximum absolute atomic E-state index is 13.5. The summed E-state index contributed by atoms with van der Waals surface area (Å²) < 4.78 is 80.9. The van der Waals surface area contributed by atoms with E-state index in [2.05, 4.69) is 10.3 Å². The first-order valence-corrected chi connectivity index (χ1v) is 11.4. The Bertz CT molecular complexity index is 1020. The summed E-state index contributed by atoms with van der Waals surface area (Å²) in [6, 6.07) is 8.38. The number of piperidine rings is 1. The molecule has 0 bridgehead atoms. The fourth-order valence-electron chi connectivity index (χ4n) is 4.34. The van der Waals surface area contributed by atoms with Gasteiger partial charge >= 0.3 is 12.4 Å². The predicted octanol–water partition coefficient (Wildman–Crippen LogP) is 6.20. The van der Waals surface area contributed by atoms with Gasteiger partial charge in [-0.05, 0) is 61.2 Å². The van der Waals surface area contributed by atoms with Crippen LogP contribution >= 0.6 is 0 Å². The first-order chi connectivity index (χ1) is 16.1. The van der Waals surface area contributed by atoms with Crippen LogP contribution in [0.1, 0.15) is 37.2 Å². The highest BCUT2D eigenvalue weighted by Gasteiger charge is 2.51. The minimum absolute atomic E-state index is 0.167. The Kier molecular flexibility index (Phi) is 7.71. The van der Waals surface area contributed by atoms with E-state index in [1.807, 2.05) is 0 Å². The number of anilines is 1. The van der Waals surface area contributed by atoms with Crippen molar-refractivity contribution in [3.63, 3.8) is 0 Å². The first-order valence-electron chi connectivity index (χ1n) is 11.4. The van der Waals surface area contributed by atoms with Crippen LogP contribution in [0.25, 0.3) is 11.1 Å². The molecule has 10 heteroatoms. The molecule has 192 valence electrons. The molecule has 2 aromatic rings. The number of hydrogen-bond donors (Lipinski definition) is 1. The zero-order chi connectivity index (χ0) is 26.1. The molecule has 0 radical (unpaired) electrons. The van der Waals surface area contributed by atoms with E-state index in [9.17, 15) is 31.1 Å². The van der Waals surface area contributed by atoms with E-state index < -0.39 is 43.7 Å². The molecular weight excluding hydrogens is 472 g/mol. The molecular formula is C25H29F6N3O. The van der Waals surface area contributed by atoms with Crippen LogP contribution in [0.2, 0.25) is 0 Å². The van der Waals surface area contributed by atoms with Gasteiger partial charge in [0.15, 0.2) is 0 Å². The van der Waals surface area contributed by atoms with Crippen LogP contribution in [0.5, 0.6) is 0 Å². The molecule has 2 heterocycles. The van der Waals surface area contributed by atoms with Crippen molar-refractivity contribution in [2.45, 2.75) is 53.0 Å². The second-order valence-electron chi connectivity index (χ2n) is 9.47. The molecule has 2 atom stereocenters. The van der Waals surface area contributed by atoms with E-state index in [-0.39, 0.29) is 24.1 Å². The zero-order valence-corrected chi connectivity index (χ0v) is 20.0. The highest BCUT2D eigenvalue weighted by molar-refractivity contribution is 5.79. The molecule has 1 aromatic heterocycles. The molecule has 0 unspecified atom stereocenters. The van der Waals surface area contributed by atoms with Crippen molar-refractivity contribution in [2.24, 2.45) is 17.8 Å². The SMILES string of the molecule is Cc1cc(-c2cc(N3C[C@H](C(F)(F)F)C[C@H](C(F)(F)F)C3)ccc2CNC(=O)C(C)C)cc(C)n1. The summed E-state index contributed by atoms with van der Waals surface area (Å²) in [4.78, 5) is 17.6. The minimum Gasteiger partial charge on any atom is -0.370 e. The summed E-state index contributed by atoms with van der Waals surface area (Å²) >= 11 is 0. The lowest BCUT2D eigenvalue weighted by molar-refractivity contribution is -0.214. The summed E-state index contributed by atoms with van der Waals surface area (Å²) in [5.74, 6) is -4.57. The van der Waals surface area contributed by atoms with Gasteiger partial charge in [-0.1, -0.05) is 19.9 Å². The fourth-order valence-corrected chi connectivity index (χ4v) is 4.34. The summed E-state index contributed by atoms with van der Waals surface area (Å²) in [6.07, 6.45) is -10.4. The molecule has 1 fully saturated rings. The summed E-state index contributed by atoms with van der Waals surface area (Å²) in [6.45, 7) is 6.17. The van der Waals surface area contributed by atoms with Gasteiger partial charge < -0.3 is 10.2 Å². The molecule has 1 aliphatic rings. The molecule has 35 heavy (non-hydrogen) atoms. The van der Waals surface area contributed by atoms with E-state index in [4.69, 9.17) is 0 Å². The number of carbonyl (C=O) groups excluding carboxylic acids is 1. The second-order valence-corrected chi connectivity index (χ2v) is 9.47. The average Bonchev–Trinajstić information content (AvgIpc) is 2.75. The summed E-state index contributed by atoms with van der Waals surface area (Å²) in [5.41, 5.74) is 3.75. The topological polar surface area (TPSA) is 45.2 Å². The van der Waals surface area contributed by atoms with Crippen LogP contribution in [0.15, 0.2) is 30.3 Å². The van der Waals surface area contributed by atoms with Crippen molar-refractivity contribution in [1.82, 2.24) is 10.3 Å². The zero-order valence-electron chi connectivity index (χ0n) is 20.0. The van der Waals surface area contributed by atoms with Crippen molar-refractivity contribution in [3.05, 3.63) is 47.3 Å². The standard InChI is InChI=1S/C25H29F6N3O/c1-14(2)23(35)32-11-17-5-6-21(10-22(17)18-7-15(3)33-16(4)8-18)34-12-19(24(26,27)28)9-20(13-34)25(29,30)31/h5-8,10,14,19-20H,9,11-13H2,1-4H3,(H,32,35)/t19-,20+. The number of benzene rings is 1. The van der Waals surface area contributed by atoms with Crippen LogP contribution in [-0.4, -0.2) is 36.3 Å². The molecule has 1 amide bonds. The third kappa shape index (κ3) is 6.67.